The molecule has 0 amide bonds. The molecule has 0 aromatic carbocycles. The van der Waals surface area contributed by atoms with Crippen molar-refractivity contribution in [1.29, 1.82) is 0 Å². The molecule has 0 unspecified atom stereocenters. The van der Waals surface area contributed by atoms with Crippen LogP contribution in [0.1, 0.15) is 19.4 Å². The fourth-order valence-electron chi connectivity index (χ4n) is 1.47. The maximum absolute atomic E-state index is 6.07. The van der Waals surface area contributed by atoms with Crippen molar-refractivity contribution in [3.8, 4) is 11.5 Å². The average Bonchev–Trinajstić information content (AvgIpc) is 2.37. The minimum Gasteiger partial charge on any atom is -0.310 e. The summed E-state index contributed by atoms with van der Waals surface area (Å²) in [7, 11) is 0. The molecule has 4 nitrogen and oxygen atoms in total. The Morgan fingerprint density at radius 1 is 1.11 bits per heavy atom. The van der Waals surface area contributed by atoms with Gasteiger partial charge >= 0.3 is 0 Å². The van der Waals surface area contributed by atoms with E-state index in [1.165, 1.54) is 6.20 Å². The van der Waals surface area contributed by atoms with Gasteiger partial charge < -0.3 is 5.32 Å². The van der Waals surface area contributed by atoms with E-state index in [1.807, 2.05) is 0 Å². The fourth-order valence-corrected chi connectivity index (χ4v) is 1.93. The molecule has 0 spiro atoms. The monoisotopic (exact) mass is 296 g/mol. The van der Waals surface area contributed by atoms with Gasteiger partial charge in [-0.05, 0) is 6.07 Å². The van der Waals surface area contributed by atoms with Crippen molar-refractivity contribution in [1.82, 2.24) is 20.3 Å². The molecule has 1 N–H and O–H groups in total. The van der Waals surface area contributed by atoms with E-state index >= 15 is 0 Å². The van der Waals surface area contributed by atoms with Gasteiger partial charge in [0.15, 0.2) is 5.82 Å². The minimum atomic E-state index is 0.423. The van der Waals surface area contributed by atoms with Gasteiger partial charge in [-0.15, -0.1) is 0 Å². The predicted molar refractivity (Wildman–Crippen MR) is 77.3 cm³/mol. The second-order valence-corrected chi connectivity index (χ2v) is 5.28. The molecule has 0 aliphatic heterocycles. The Hall–Kier alpha value is -1.23. The SMILES string of the molecule is CC(C)NCc1cnc(-c2ncc(Cl)cc2Cl)nc1. The summed E-state index contributed by atoms with van der Waals surface area (Å²) in [6, 6.07) is 2.05. The van der Waals surface area contributed by atoms with Crippen molar-refractivity contribution in [2.45, 2.75) is 26.4 Å². The lowest BCUT2D eigenvalue weighted by atomic mass is 10.3. The van der Waals surface area contributed by atoms with Gasteiger partial charge in [0.05, 0.1) is 10.0 Å². The van der Waals surface area contributed by atoms with Crippen LogP contribution in [-0.2, 0) is 6.54 Å². The van der Waals surface area contributed by atoms with Crippen LogP contribution in [0.3, 0.4) is 0 Å². The Morgan fingerprint density at radius 3 is 2.37 bits per heavy atom. The summed E-state index contributed by atoms with van der Waals surface area (Å²) >= 11 is 11.9. The summed E-state index contributed by atoms with van der Waals surface area (Å²) in [6.07, 6.45) is 5.06. The molecule has 0 fully saturated rings. The van der Waals surface area contributed by atoms with E-state index < -0.39 is 0 Å². The highest BCUT2D eigenvalue weighted by molar-refractivity contribution is 6.35. The molecule has 2 aromatic heterocycles. The van der Waals surface area contributed by atoms with Crippen molar-refractivity contribution in [3.05, 3.63) is 40.3 Å². The van der Waals surface area contributed by atoms with Crippen LogP contribution in [0.5, 0.6) is 0 Å². The molecular formula is C13H14Cl2N4. The Morgan fingerprint density at radius 2 is 1.79 bits per heavy atom. The molecule has 0 aliphatic carbocycles. The highest BCUT2D eigenvalue weighted by Crippen LogP contribution is 2.25. The third-order valence-corrected chi connectivity index (χ3v) is 2.93. The Bertz CT molecular complexity index is 555. The average molecular weight is 297 g/mol. The molecule has 0 saturated heterocycles. The molecule has 0 atom stereocenters. The van der Waals surface area contributed by atoms with Crippen LogP contribution in [0.15, 0.2) is 24.7 Å². The van der Waals surface area contributed by atoms with Crippen LogP contribution in [0, 0.1) is 0 Å². The van der Waals surface area contributed by atoms with Gasteiger partial charge in [0.1, 0.15) is 5.69 Å². The summed E-state index contributed by atoms with van der Waals surface area (Å²) in [4.78, 5) is 12.7. The quantitative estimate of drug-likeness (QED) is 0.940. The number of hydrogen-bond donors (Lipinski definition) is 1. The minimum absolute atomic E-state index is 0.423. The highest BCUT2D eigenvalue weighted by Gasteiger charge is 2.09. The molecule has 100 valence electrons. The lowest BCUT2D eigenvalue weighted by Gasteiger charge is -2.08. The Balaban J connectivity index is 2.18. The van der Waals surface area contributed by atoms with E-state index in [9.17, 15) is 0 Å². The van der Waals surface area contributed by atoms with Crippen LogP contribution in [0.4, 0.5) is 0 Å². The summed E-state index contributed by atoms with van der Waals surface area (Å²) in [5.74, 6) is 0.495. The van der Waals surface area contributed by atoms with Crippen molar-refractivity contribution in [2.75, 3.05) is 0 Å². The largest absolute Gasteiger partial charge is 0.310 e. The highest BCUT2D eigenvalue weighted by atomic mass is 35.5. The molecule has 2 rings (SSSR count). The number of halogens is 2. The lowest BCUT2D eigenvalue weighted by Crippen LogP contribution is -2.22. The van der Waals surface area contributed by atoms with Crippen LogP contribution in [-0.4, -0.2) is 21.0 Å². The molecule has 0 radical (unpaired) electrons. The maximum atomic E-state index is 6.07. The molecule has 0 saturated carbocycles. The van der Waals surface area contributed by atoms with Crippen molar-refractivity contribution < 1.29 is 0 Å². The van der Waals surface area contributed by atoms with E-state index in [0.717, 1.165) is 12.1 Å². The Labute approximate surface area is 122 Å². The predicted octanol–water partition coefficient (Wildman–Crippen LogP) is 3.34. The molecule has 6 heteroatoms. The molecule has 2 heterocycles. The van der Waals surface area contributed by atoms with E-state index in [-0.39, 0.29) is 0 Å². The van der Waals surface area contributed by atoms with Gasteiger partial charge in [-0.1, -0.05) is 37.0 Å². The first-order valence-electron chi connectivity index (χ1n) is 5.92. The molecule has 0 aliphatic rings. The number of nitrogens with zero attached hydrogens (tertiary/aromatic N) is 3. The zero-order valence-corrected chi connectivity index (χ0v) is 12.2. The lowest BCUT2D eigenvalue weighted by molar-refractivity contribution is 0.587. The summed E-state index contributed by atoms with van der Waals surface area (Å²) in [5.41, 5.74) is 1.55. The first kappa shape index (κ1) is 14.2. The van der Waals surface area contributed by atoms with Crippen molar-refractivity contribution in [2.24, 2.45) is 0 Å². The van der Waals surface area contributed by atoms with Gasteiger partial charge in [-0.3, -0.25) is 0 Å². The van der Waals surface area contributed by atoms with E-state index in [2.05, 4.69) is 34.1 Å². The second-order valence-electron chi connectivity index (χ2n) is 4.43. The van der Waals surface area contributed by atoms with Gasteiger partial charge in [0.2, 0.25) is 0 Å². The zero-order valence-electron chi connectivity index (χ0n) is 10.7. The first-order valence-corrected chi connectivity index (χ1v) is 6.67. The smallest absolute Gasteiger partial charge is 0.179 e. The number of nitrogens with one attached hydrogen (secondary N) is 1. The van der Waals surface area contributed by atoms with Crippen LogP contribution in [0.2, 0.25) is 10.0 Å². The molecular weight excluding hydrogens is 283 g/mol. The van der Waals surface area contributed by atoms with Crippen LogP contribution < -0.4 is 5.32 Å². The van der Waals surface area contributed by atoms with Crippen molar-refractivity contribution >= 4 is 23.2 Å². The summed E-state index contributed by atoms with van der Waals surface area (Å²) < 4.78 is 0. The maximum Gasteiger partial charge on any atom is 0.179 e. The summed E-state index contributed by atoms with van der Waals surface area (Å²) in [5, 5.41) is 4.24. The van der Waals surface area contributed by atoms with Crippen LogP contribution in [0.25, 0.3) is 11.5 Å². The molecule has 19 heavy (non-hydrogen) atoms. The molecule has 2 aromatic rings. The number of hydrogen-bond acceptors (Lipinski definition) is 4. The third-order valence-electron chi connectivity index (χ3n) is 2.44. The fraction of sp³-hybridized carbons (Fsp3) is 0.308. The number of pyridine rings is 1. The number of rotatable bonds is 4. The van der Waals surface area contributed by atoms with Gasteiger partial charge in [-0.2, -0.15) is 0 Å². The van der Waals surface area contributed by atoms with Gasteiger partial charge in [0, 0.05) is 36.7 Å². The van der Waals surface area contributed by atoms with E-state index in [0.29, 0.717) is 27.6 Å². The van der Waals surface area contributed by atoms with Gasteiger partial charge in [-0.25, -0.2) is 15.0 Å². The normalized spacial score (nSPS) is 11.0. The van der Waals surface area contributed by atoms with Gasteiger partial charge in [0.25, 0.3) is 0 Å². The van der Waals surface area contributed by atoms with Crippen molar-refractivity contribution in [3.63, 3.8) is 0 Å². The van der Waals surface area contributed by atoms with E-state index in [1.54, 1.807) is 18.5 Å². The topological polar surface area (TPSA) is 50.7 Å². The number of aromatic nitrogens is 3. The second kappa shape index (κ2) is 6.28. The zero-order chi connectivity index (χ0) is 13.8. The Kier molecular flexibility index (Phi) is 4.69. The summed E-state index contributed by atoms with van der Waals surface area (Å²) in [6.45, 7) is 4.92. The standard InChI is InChI=1S/C13H14Cl2N4/c1-8(2)16-4-9-5-18-13(19-6-9)12-11(15)3-10(14)7-17-12/h3,5-8,16H,4H2,1-2H3. The first-order chi connectivity index (χ1) is 9.06. The molecule has 0 bridgehead atoms. The van der Waals surface area contributed by atoms with E-state index in [4.69, 9.17) is 23.2 Å². The van der Waals surface area contributed by atoms with Crippen LogP contribution >= 0.6 is 23.2 Å². The third kappa shape index (κ3) is 3.86.